The van der Waals surface area contributed by atoms with Gasteiger partial charge in [-0.2, -0.15) is 0 Å². The van der Waals surface area contributed by atoms with Crippen molar-refractivity contribution in [2.24, 2.45) is 0 Å². The quantitative estimate of drug-likeness (QED) is 0.805. The molecule has 0 amide bonds. The van der Waals surface area contributed by atoms with Crippen LogP contribution in [0.4, 0.5) is 5.69 Å². The number of anilines is 1. The minimum atomic E-state index is 0.268. The molecule has 13 heavy (non-hydrogen) atoms. The number of hydrogen-bond donors (Lipinski definition) is 1. The zero-order chi connectivity index (χ0) is 9.68. The van der Waals surface area contributed by atoms with Gasteiger partial charge in [0, 0.05) is 13.2 Å². The Balaban J connectivity index is 2.58. The molecule has 0 spiro atoms. The van der Waals surface area contributed by atoms with Gasteiger partial charge in [-0.05, 0) is 19.1 Å². The lowest BCUT2D eigenvalue weighted by atomic mass is 10.3. The highest BCUT2D eigenvalue weighted by Crippen LogP contribution is 2.20. The molecular formula is C10H14ClNO. The van der Waals surface area contributed by atoms with Gasteiger partial charge in [-0.15, -0.1) is 0 Å². The normalized spacial score (nSPS) is 12.5. The molecule has 1 aromatic rings. The second-order valence-corrected chi connectivity index (χ2v) is 3.39. The predicted molar refractivity (Wildman–Crippen MR) is 56.4 cm³/mol. The number of hydrogen-bond acceptors (Lipinski definition) is 2. The monoisotopic (exact) mass is 199 g/mol. The number of rotatable bonds is 4. The van der Waals surface area contributed by atoms with E-state index >= 15 is 0 Å². The van der Waals surface area contributed by atoms with E-state index in [0.29, 0.717) is 6.61 Å². The fourth-order valence-corrected chi connectivity index (χ4v) is 1.33. The number of para-hydroxylation sites is 1. The van der Waals surface area contributed by atoms with Crippen LogP contribution in [-0.4, -0.2) is 19.8 Å². The maximum atomic E-state index is 5.97. The van der Waals surface area contributed by atoms with Gasteiger partial charge in [-0.25, -0.2) is 0 Å². The van der Waals surface area contributed by atoms with Crippen molar-refractivity contribution in [1.29, 1.82) is 0 Å². The first-order chi connectivity index (χ1) is 6.24. The molecule has 0 unspecified atom stereocenters. The molecule has 2 nitrogen and oxygen atoms in total. The van der Waals surface area contributed by atoms with Crippen LogP contribution >= 0.6 is 11.6 Å². The fourth-order valence-electron chi connectivity index (χ4n) is 1.14. The van der Waals surface area contributed by atoms with E-state index in [0.717, 1.165) is 10.7 Å². The maximum absolute atomic E-state index is 5.97. The van der Waals surface area contributed by atoms with E-state index in [1.54, 1.807) is 7.11 Å². The second-order valence-electron chi connectivity index (χ2n) is 2.98. The van der Waals surface area contributed by atoms with Crippen molar-refractivity contribution in [1.82, 2.24) is 0 Å². The summed E-state index contributed by atoms with van der Waals surface area (Å²) >= 11 is 5.97. The molecule has 0 heterocycles. The van der Waals surface area contributed by atoms with Gasteiger partial charge in [0.25, 0.3) is 0 Å². The molecule has 0 saturated carbocycles. The predicted octanol–water partition coefficient (Wildman–Crippen LogP) is 2.79. The Hall–Kier alpha value is -0.730. The van der Waals surface area contributed by atoms with Crippen LogP contribution in [0.5, 0.6) is 0 Å². The van der Waals surface area contributed by atoms with Crippen molar-refractivity contribution in [2.75, 3.05) is 19.0 Å². The van der Waals surface area contributed by atoms with Crippen molar-refractivity contribution in [3.8, 4) is 0 Å². The van der Waals surface area contributed by atoms with Crippen molar-refractivity contribution >= 4 is 17.3 Å². The molecule has 1 N–H and O–H groups in total. The van der Waals surface area contributed by atoms with Crippen LogP contribution in [0.25, 0.3) is 0 Å². The minimum absolute atomic E-state index is 0.268. The van der Waals surface area contributed by atoms with Gasteiger partial charge in [-0.3, -0.25) is 0 Å². The molecule has 0 saturated heterocycles. The standard InChI is InChI=1S/C10H14ClNO/c1-8(7-13-2)12-10-6-4-3-5-9(10)11/h3-6,8,12H,7H2,1-2H3/t8-/m0/s1. The Morgan fingerprint density at radius 3 is 2.77 bits per heavy atom. The van der Waals surface area contributed by atoms with E-state index in [4.69, 9.17) is 16.3 Å². The first kappa shape index (κ1) is 10.4. The minimum Gasteiger partial charge on any atom is -0.383 e. The van der Waals surface area contributed by atoms with Crippen LogP contribution in [0, 0.1) is 0 Å². The van der Waals surface area contributed by atoms with Crippen LogP contribution < -0.4 is 5.32 Å². The highest BCUT2D eigenvalue weighted by atomic mass is 35.5. The lowest BCUT2D eigenvalue weighted by Crippen LogP contribution is -2.20. The van der Waals surface area contributed by atoms with E-state index in [1.165, 1.54) is 0 Å². The van der Waals surface area contributed by atoms with E-state index in [1.807, 2.05) is 31.2 Å². The molecule has 0 radical (unpaired) electrons. The number of halogens is 1. The molecule has 3 heteroatoms. The van der Waals surface area contributed by atoms with Gasteiger partial charge < -0.3 is 10.1 Å². The highest BCUT2D eigenvalue weighted by molar-refractivity contribution is 6.33. The van der Waals surface area contributed by atoms with Crippen LogP contribution in [0.1, 0.15) is 6.92 Å². The lowest BCUT2D eigenvalue weighted by Gasteiger charge is -2.14. The molecule has 1 atom stereocenters. The zero-order valence-corrected chi connectivity index (χ0v) is 8.64. The molecule has 1 rings (SSSR count). The first-order valence-electron chi connectivity index (χ1n) is 4.24. The van der Waals surface area contributed by atoms with Crippen LogP contribution in [0.3, 0.4) is 0 Å². The first-order valence-corrected chi connectivity index (χ1v) is 4.62. The highest BCUT2D eigenvalue weighted by Gasteiger charge is 2.03. The number of benzene rings is 1. The third kappa shape index (κ3) is 3.25. The van der Waals surface area contributed by atoms with Gasteiger partial charge in [0.05, 0.1) is 17.3 Å². The molecule has 72 valence electrons. The SMILES string of the molecule is COC[C@H](C)Nc1ccccc1Cl. The van der Waals surface area contributed by atoms with Gasteiger partial charge in [0.2, 0.25) is 0 Å². The number of nitrogens with one attached hydrogen (secondary N) is 1. The van der Waals surface area contributed by atoms with Crippen LogP contribution in [0.15, 0.2) is 24.3 Å². The van der Waals surface area contributed by atoms with Crippen molar-refractivity contribution < 1.29 is 4.74 Å². The molecule has 1 aromatic carbocycles. The summed E-state index contributed by atoms with van der Waals surface area (Å²) in [6, 6.07) is 7.95. The van der Waals surface area contributed by atoms with Gasteiger partial charge in [-0.1, -0.05) is 23.7 Å². The Kier molecular flexibility index (Phi) is 4.06. The smallest absolute Gasteiger partial charge is 0.0661 e. The van der Waals surface area contributed by atoms with Gasteiger partial charge in [0.1, 0.15) is 0 Å². The van der Waals surface area contributed by atoms with Crippen molar-refractivity contribution in [3.63, 3.8) is 0 Å². The van der Waals surface area contributed by atoms with Crippen molar-refractivity contribution in [3.05, 3.63) is 29.3 Å². The molecular weight excluding hydrogens is 186 g/mol. The fraction of sp³-hybridized carbons (Fsp3) is 0.400. The largest absolute Gasteiger partial charge is 0.383 e. The summed E-state index contributed by atoms with van der Waals surface area (Å²) < 4.78 is 5.01. The zero-order valence-electron chi connectivity index (χ0n) is 7.88. The summed E-state index contributed by atoms with van der Waals surface area (Å²) in [4.78, 5) is 0. The van der Waals surface area contributed by atoms with Crippen molar-refractivity contribution in [2.45, 2.75) is 13.0 Å². The number of ether oxygens (including phenoxy) is 1. The topological polar surface area (TPSA) is 21.3 Å². The molecule has 0 aliphatic rings. The Bertz CT molecular complexity index is 265. The average Bonchev–Trinajstić information content (AvgIpc) is 2.09. The summed E-state index contributed by atoms with van der Waals surface area (Å²) in [6.07, 6.45) is 0. The molecule has 0 aliphatic heterocycles. The average molecular weight is 200 g/mol. The Morgan fingerprint density at radius 2 is 2.15 bits per heavy atom. The number of methoxy groups -OCH3 is 1. The maximum Gasteiger partial charge on any atom is 0.0661 e. The summed E-state index contributed by atoms with van der Waals surface area (Å²) in [5, 5.41) is 4.00. The van der Waals surface area contributed by atoms with Crippen LogP contribution in [0.2, 0.25) is 5.02 Å². The molecule has 0 aromatic heterocycles. The summed E-state index contributed by atoms with van der Waals surface area (Å²) in [6.45, 7) is 2.72. The molecule has 0 fully saturated rings. The van der Waals surface area contributed by atoms with Gasteiger partial charge >= 0.3 is 0 Å². The molecule has 0 aliphatic carbocycles. The summed E-state index contributed by atoms with van der Waals surface area (Å²) in [5.74, 6) is 0. The van der Waals surface area contributed by atoms with E-state index in [9.17, 15) is 0 Å². The summed E-state index contributed by atoms with van der Waals surface area (Å²) in [7, 11) is 1.69. The molecule has 0 bridgehead atoms. The van der Waals surface area contributed by atoms with Crippen LogP contribution in [-0.2, 0) is 4.74 Å². The second kappa shape index (κ2) is 5.10. The van der Waals surface area contributed by atoms with Gasteiger partial charge in [0.15, 0.2) is 0 Å². The lowest BCUT2D eigenvalue weighted by molar-refractivity contribution is 0.190. The Labute approximate surface area is 83.9 Å². The van der Waals surface area contributed by atoms with E-state index in [2.05, 4.69) is 5.32 Å². The third-order valence-corrected chi connectivity index (χ3v) is 2.02. The Morgan fingerprint density at radius 1 is 1.46 bits per heavy atom. The summed E-state index contributed by atoms with van der Waals surface area (Å²) in [5.41, 5.74) is 0.953. The van der Waals surface area contributed by atoms with E-state index in [-0.39, 0.29) is 6.04 Å². The third-order valence-electron chi connectivity index (χ3n) is 1.69. The van der Waals surface area contributed by atoms with E-state index < -0.39 is 0 Å².